The summed E-state index contributed by atoms with van der Waals surface area (Å²) >= 11 is 0. The van der Waals surface area contributed by atoms with E-state index in [2.05, 4.69) is 25.5 Å². The number of benzene rings is 1. The van der Waals surface area contributed by atoms with Crippen molar-refractivity contribution >= 4 is 22.6 Å². The first kappa shape index (κ1) is 25.3. The lowest BCUT2D eigenvalue weighted by Gasteiger charge is -2.13. The monoisotopic (exact) mass is 528 g/mol. The number of carbonyl (C=O) groups is 1. The number of nitrogens with one attached hydrogen (secondary N) is 1. The van der Waals surface area contributed by atoms with Crippen molar-refractivity contribution in [3.8, 4) is 28.9 Å². The number of ether oxygens (including phenoxy) is 3. The fourth-order valence-electron chi connectivity index (χ4n) is 3.87. The molecule has 0 aliphatic carbocycles. The molecule has 4 aromatic heterocycles. The van der Waals surface area contributed by atoms with Crippen molar-refractivity contribution in [1.82, 2.24) is 24.7 Å². The van der Waals surface area contributed by atoms with Gasteiger partial charge in [0.25, 0.3) is 17.3 Å². The molecule has 12 heteroatoms. The van der Waals surface area contributed by atoms with Gasteiger partial charge in [0.2, 0.25) is 0 Å². The maximum absolute atomic E-state index is 15.0. The molecule has 1 N–H and O–H groups in total. The van der Waals surface area contributed by atoms with Gasteiger partial charge in [-0.3, -0.25) is 19.1 Å². The second kappa shape index (κ2) is 10.5. The predicted octanol–water partition coefficient (Wildman–Crippen LogP) is 4.08. The first-order valence-electron chi connectivity index (χ1n) is 11.6. The number of fused-ring (bicyclic) bond motifs is 1. The van der Waals surface area contributed by atoms with Crippen molar-refractivity contribution < 1.29 is 23.4 Å². The van der Waals surface area contributed by atoms with Gasteiger partial charge in [0.1, 0.15) is 11.1 Å². The van der Waals surface area contributed by atoms with Crippen LogP contribution in [0.25, 0.3) is 16.9 Å². The minimum Gasteiger partial charge on any atom is -0.491 e. The molecular weight excluding hydrogens is 507 g/mol. The molecule has 5 rings (SSSR count). The molecule has 1 aromatic carbocycles. The van der Waals surface area contributed by atoms with Gasteiger partial charge in [0.15, 0.2) is 28.9 Å². The number of aryl methyl sites for hydroxylation is 1. The van der Waals surface area contributed by atoms with Crippen LogP contribution in [0.3, 0.4) is 0 Å². The average molecular weight is 529 g/mol. The zero-order chi connectivity index (χ0) is 27.5. The summed E-state index contributed by atoms with van der Waals surface area (Å²) in [4.78, 5) is 34.6. The van der Waals surface area contributed by atoms with Crippen molar-refractivity contribution in [3.05, 3.63) is 94.4 Å². The van der Waals surface area contributed by atoms with Crippen molar-refractivity contribution in [2.24, 2.45) is 0 Å². The van der Waals surface area contributed by atoms with Gasteiger partial charge in [-0.25, -0.2) is 9.37 Å². The van der Waals surface area contributed by atoms with Crippen LogP contribution >= 0.6 is 0 Å². The average Bonchev–Trinajstić information content (AvgIpc) is 2.94. The van der Waals surface area contributed by atoms with Crippen LogP contribution in [-0.4, -0.2) is 44.9 Å². The molecule has 0 saturated carbocycles. The van der Waals surface area contributed by atoms with Gasteiger partial charge in [-0.05, 0) is 43.3 Å². The molecule has 0 aliphatic rings. The van der Waals surface area contributed by atoms with Crippen LogP contribution < -0.4 is 25.1 Å². The Labute approximate surface area is 220 Å². The number of pyridine rings is 3. The summed E-state index contributed by atoms with van der Waals surface area (Å²) in [6.45, 7) is 1.71. The SMILES string of the molecule is COc1cc2nccc(Oc3ccc(NC(=O)c4ccc(C)n(-c5cccnn5)c4=O)cc3F)c2nc1OC. The lowest BCUT2D eigenvalue weighted by molar-refractivity contribution is 0.102. The lowest BCUT2D eigenvalue weighted by Crippen LogP contribution is -2.30. The molecule has 0 atom stereocenters. The third-order valence-corrected chi connectivity index (χ3v) is 5.74. The highest BCUT2D eigenvalue weighted by Crippen LogP contribution is 2.35. The Morgan fingerprint density at radius 1 is 0.974 bits per heavy atom. The lowest BCUT2D eigenvalue weighted by atomic mass is 10.2. The van der Waals surface area contributed by atoms with Crippen LogP contribution in [0, 0.1) is 12.7 Å². The number of amides is 1. The van der Waals surface area contributed by atoms with E-state index in [1.54, 1.807) is 31.2 Å². The zero-order valence-electron chi connectivity index (χ0n) is 21.0. The molecular formula is C27H21FN6O5. The normalized spacial score (nSPS) is 10.8. The van der Waals surface area contributed by atoms with Gasteiger partial charge < -0.3 is 19.5 Å². The molecule has 1 amide bonds. The summed E-state index contributed by atoms with van der Waals surface area (Å²) in [6.07, 6.45) is 2.97. The number of anilines is 1. The largest absolute Gasteiger partial charge is 0.491 e. The Hall–Kier alpha value is -5.39. The molecule has 0 bridgehead atoms. The topological polar surface area (TPSA) is 130 Å². The van der Waals surface area contributed by atoms with Gasteiger partial charge in [-0.15, -0.1) is 5.10 Å². The van der Waals surface area contributed by atoms with Gasteiger partial charge in [-0.1, -0.05) is 0 Å². The quantitative estimate of drug-likeness (QED) is 0.332. The molecule has 0 fully saturated rings. The van der Waals surface area contributed by atoms with E-state index in [1.807, 2.05) is 0 Å². The minimum absolute atomic E-state index is 0.113. The van der Waals surface area contributed by atoms with Crippen LogP contribution in [0.5, 0.6) is 23.1 Å². The summed E-state index contributed by atoms with van der Waals surface area (Å²) in [7, 11) is 2.93. The molecule has 0 spiro atoms. The summed E-state index contributed by atoms with van der Waals surface area (Å²) in [5.41, 5.74) is 0.757. The van der Waals surface area contributed by atoms with Gasteiger partial charge in [0.05, 0.1) is 19.7 Å². The Kier molecular flexibility index (Phi) is 6.83. The third-order valence-electron chi connectivity index (χ3n) is 5.74. The number of hydrogen-bond acceptors (Lipinski definition) is 9. The molecule has 4 heterocycles. The molecule has 0 unspecified atom stereocenters. The predicted molar refractivity (Wildman–Crippen MR) is 139 cm³/mol. The van der Waals surface area contributed by atoms with E-state index < -0.39 is 17.3 Å². The smallest absolute Gasteiger partial charge is 0.269 e. The van der Waals surface area contributed by atoms with Crippen LogP contribution in [0.4, 0.5) is 10.1 Å². The van der Waals surface area contributed by atoms with Crippen molar-refractivity contribution in [2.45, 2.75) is 6.92 Å². The number of aromatic nitrogens is 5. The number of rotatable bonds is 7. The van der Waals surface area contributed by atoms with E-state index in [-0.39, 0.29) is 34.4 Å². The fourth-order valence-corrected chi connectivity index (χ4v) is 3.87. The Morgan fingerprint density at radius 3 is 2.54 bits per heavy atom. The molecule has 0 radical (unpaired) electrons. The van der Waals surface area contributed by atoms with Crippen LogP contribution in [0.2, 0.25) is 0 Å². The van der Waals surface area contributed by atoms with E-state index in [4.69, 9.17) is 14.2 Å². The highest BCUT2D eigenvalue weighted by Gasteiger charge is 2.18. The fraction of sp³-hybridized carbons (Fsp3) is 0.111. The van der Waals surface area contributed by atoms with E-state index in [1.165, 1.54) is 55.4 Å². The highest BCUT2D eigenvalue weighted by atomic mass is 19.1. The van der Waals surface area contributed by atoms with Crippen LogP contribution in [-0.2, 0) is 0 Å². The van der Waals surface area contributed by atoms with Crippen molar-refractivity contribution in [2.75, 3.05) is 19.5 Å². The first-order valence-corrected chi connectivity index (χ1v) is 11.6. The number of hydrogen-bond donors (Lipinski definition) is 1. The zero-order valence-corrected chi connectivity index (χ0v) is 21.0. The molecule has 0 aliphatic heterocycles. The van der Waals surface area contributed by atoms with Gasteiger partial charge in [-0.2, -0.15) is 5.10 Å². The van der Waals surface area contributed by atoms with E-state index in [0.717, 1.165) is 6.07 Å². The second-order valence-corrected chi connectivity index (χ2v) is 8.19. The molecule has 0 saturated heterocycles. The van der Waals surface area contributed by atoms with Gasteiger partial charge >= 0.3 is 0 Å². The number of halogens is 1. The number of nitrogens with zero attached hydrogens (tertiary/aromatic N) is 5. The van der Waals surface area contributed by atoms with Gasteiger partial charge in [0, 0.05) is 42.0 Å². The van der Waals surface area contributed by atoms with Crippen molar-refractivity contribution in [1.29, 1.82) is 0 Å². The standard InChI is InChI=1S/C27H21FN6O5/c1-15-6-8-17(27(36)34(15)23-5-4-11-30-33-23)25(35)31-16-7-9-20(18(28)13-16)39-21-10-12-29-19-14-22(37-2)26(38-3)32-24(19)21/h4-14H,1-3H3,(H,31,35). The Morgan fingerprint density at radius 2 is 1.82 bits per heavy atom. The summed E-state index contributed by atoms with van der Waals surface area (Å²) < 4.78 is 32.6. The second-order valence-electron chi connectivity index (χ2n) is 8.19. The van der Waals surface area contributed by atoms with E-state index in [9.17, 15) is 9.59 Å². The highest BCUT2D eigenvalue weighted by molar-refractivity contribution is 6.04. The first-order chi connectivity index (χ1) is 18.9. The van der Waals surface area contributed by atoms with Crippen molar-refractivity contribution in [3.63, 3.8) is 0 Å². The van der Waals surface area contributed by atoms with Crippen LogP contribution in [0.15, 0.2) is 71.8 Å². The number of methoxy groups -OCH3 is 2. The minimum atomic E-state index is -0.751. The Balaban J connectivity index is 1.40. The summed E-state index contributed by atoms with van der Waals surface area (Å²) in [5, 5.41) is 10.3. The maximum atomic E-state index is 15.0. The third kappa shape index (κ3) is 4.94. The molecule has 39 heavy (non-hydrogen) atoms. The summed E-state index contributed by atoms with van der Waals surface area (Å²) in [6, 6.07) is 13.3. The van der Waals surface area contributed by atoms with E-state index in [0.29, 0.717) is 22.5 Å². The molecule has 11 nitrogen and oxygen atoms in total. The Bertz CT molecular complexity index is 1760. The van der Waals surface area contributed by atoms with E-state index >= 15 is 4.39 Å². The number of carbonyl (C=O) groups excluding carboxylic acids is 1. The molecule has 5 aromatic rings. The summed E-state index contributed by atoms with van der Waals surface area (Å²) in [5.74, 6) is -0.460. The molecule has 196 valence electrons. The maximum Gasteiger partial charge on any atom is 0.269 e. The van der Waals surface area contributed by atoms with Crippen LogP contribution in [0.1, 0.15) is 16.1 Å².